The van der Waals surface area contributed by atoms with E-state index in [1.807, 2.05) is 0 Å². The van der Waals surface area contributed by atoms with Crippen molar-refractivity contribution < 1.29 is 24.0 Å². The van der Waals surface area contributed by atoms with Crippen LogP contribution in [0.25, 0.3) is 0 Å². The summed E-state index contributed by atoms with van der Waals surface area (Å²) >= 11 is 3.33. The summed E-state index contributed by atoms with van der Waals surface area (Å²) < 4.78 is 6.47. The van der Waals surface area contributed by atoms with Crippen LogP contribution in [0.5, 0.6) is 5.75 Å². The van der Waals surface area contributed by atoms with E-state index in [2.05, 4.69) is 22.5 Å². The Morgan fingerprint density at radius 3 is 2.43 bits per heavy atom. The number of carbonyl (C=O) groups is 3. The molecule has 0 aromatic heterocycles. The number of rotatable bonds is 2. The van der Waals surface area contributed by atoms with Crippen LogP contribution < -0.4 is 4.74 Å². The van der Waals surface area contributed by atoms with Crippen LogP contribution in [-0.2, 0) is 9.59 Å². The molecule has 3 aliphatic rings. The number of hydrogen-bond acceptors (Lipinski definition) is 6. The lowest BCUT2D eigenvalue weighted by molar-refractivity contribution is -0.622. The van der Waals surface area contributed by atoms with Gasteiger partial charge in [0.2, 0.25) is 11.8 Å². The monoisotopic (exact) mass is 449 g/mol. The molecule has 9 nitrogen and oxygen atoms in total. The van der Waals surface area contributed by atoms with E-state index in [0.717, 1.165) is 9.80 Å². The van der Waals surface area contributed by atoms with Crippen LogP contribution in [0.2, 0.25) is 0 Å². The standard InChI is InChI=1S/C18H16BrN3O6/c1-4-9-8-17(14(23)20(2)16(25)21(3)15(17)24)13-11-7-10(19)5-6-12(11)28-18(9,13)22(26)27/h4-7,9,13H,1,8H2,2-3H3/t9?,13-,18+/m1/s1. The smallest absolute Gasteiger partial charge is 0.377 e. The highest BCUT2D eigenvalue weighted by Gasteiger charge is 2.81. The topological polar surface area (TPSA) is 110 Å². The third-order valence-electron chi connectivity index (χ3n) is 6.05. The number of halogens is 1. The zero-order chi connectivity index (χ0) is 20.6. The third-order valence-corrected chi connectivity index (χ3v) is 6.55. The van der Waals surface area contributed by atoms with Crippen molar-refractivity contribution in [2.24, 2.45) is 11.3 Å². The molecule has 3 atom stereocenters. The number of hydrogen-bond donors (Lipinski definition) is 0. The van der Waals surface area contributed by atoms with Crippen molar-refractivity contribution in [3.63, 3.8) is 0 Å². The Hall–Kier alpha value is -2.75. The number of urea groups is 1. The molecule has 1 unspecified atom stereocenters. The second kappa shape index (κ2) is 5.63. The molecule has 146 valence electrons. The molecule has 2 fully saturated rings. The molecular weight excluding hydrogens is 434 g/mol. The van der Waals surface area contributed by atoms with Crippen LogP contribution in [0, 0.1) is 21.4 Å². The van der Waals surface area contributed by atoms with Gasteiger partial charge >= 0.3 is 11.8 Å². The average molecular weight is 450 g/mol. The van der Waals surface area contributed by atoms with Gasteiger partial charge in [0, 0.05) is 24.1 Å². The Labute approximate surface area is 168 Å². The van der Waals surface area contributed by atoms with E-state index in [9.17, 15) is 24.5 Å². The Morgan fingerprint density at radius 1 is 1.29 bits per heavy atom. The zero-order valence-corrected chi connectivity index (χ0v) is 16.6. The molecule has 1 aliphatic carbocycles. The van der Waals surface area contributed by atoms with Crippen LogP contribution in [0.4, 0.5) is 4.79 Å². The van der Waals surface area contributed by atoms with E-state index >= 15 is 0 Å². The minimum absolute atomic E-state index is 0.173. The first-order valence-corrected chi connectivity index (χ1v) is 9.28. The van der Waals surface area contributed by atoms with E-state index in [0.29, 0.717) is 10.0 Å². The molecule has 1 aromatic carbocycles. The van der Waals surface area contributed by atoms with Gasteiger partial charge in [-0.05, 0) is 24.6 Å². The fraction of sp³-hybridized carbons (Fsp3) is 0.389. The van der Waals surface area contributed by atoms with Gasteiger partial charge in [-0.15, -0.1) is 6.58 Å². The van der Waals surface area contributed by atoms with Gasteiger partial charge in [-0.25, -0.2) is 4.79 Å². The minimum atomic E-state index is -2.06. The largest absolute Gasteiger partial charge is 0.427 e. The lowest BCUT2D eigenvalue weighted by Crippen LogP contribution is -2.65. The van der Waals surface area contributed by atoms with Crippen molar-refractivity contribution in [3.8, 4) is 5.75 Å². The number of benzene rings is 1. The first kappa shape index (κ1) is 18.6. The summed E-state index contributed by atoms with van der Waals surface area (Å²) in [5, 5.41) is 12.3. The number of amides is 4. The molecule has 10 heteroatoms. The summed E-state index contributed by atoms with van der Waals surface area (Å²) in [6.07, 6.45) is 1.18. The number of ether oxygens (including phenoxy) is 1. The van der Waals surface area contributed by atoms with Gasteiger partial charge in [0.15, 0.2) is 0 Å². The summed E-state index contributed by atoms with van der Waals surface area (Å²) in [6, 6.07) is 4.07. The number of imide groups is 2. The highest BCUT2D eigenvalue weighted by atomic mass is 79.9. The molecule has 0 N–H and O–H groups in total. The Kier molecular flexibility index (Phi) is 3.74. The van der Waals surface area contributed by atoms with E-state index in [4.69, 9.17) is 4.74 Å². The Balaban J connectivity index is 2.06. The molecule has 0 bridgehead atoms. The molecule has 4 rings (SSSR count). The maximum absolute atomic E-state index is 13.3. The highest BCUT2D eigenvalue weighted by Crippen LogP contribution is 2.66. The molecule has 1 saturated heterocycles. The number of carbonyl (C=O) groups excluding carboxylic acids is 3. The van der Waals surface area contributed by atoms with Crippen LogP contribution in [0.3, 0.4) is 0 Å². The number of fused-ring (bicyclic) bond motifs is 4. The first-order valence-electron chi connectivity index (χ1n) is 8.48. The maximum Gasteiger partial charge on any atom is 0.377 e. The lowest BCUT2D eigenvalue weighted by atomic mass is 9.70. The summed E-state index contributed by atoms with van der Waals surface area (Å²) in [4.78, 5) is 52.3. The van der Waals surface area contributed by atoms with E-state index in [1.54, 1.807) is 18.2 Å². The molecule has 0 radical (unpaired) electrons. The van der Waals surface area contributed by atoms with Crippen molar-refractivity contribution in [1.29, 1.82) is 0 Å². The van der Waals surface area contributed by atoms with Gasteiger partial charge in [0.25, 0.3) is 0 Å². The van der Waals surface area contributed by atoms with Gasteiger partial charge in [-0.1, -0.05) is 22.0 Å². The fourth-order valence-corrected chi connectivity index (χ4v) is 5.23. The normalized spacial score (nSPS) is 30.3. The quantitative estimate of drug-likeness (QED) is 0.296. The van der Waals surface area contributed by atoms with Gasteiger partial charge in [0.05, 0.1) is 10.8 Å². The van der Waals surface area contributed by atoms with Crippen LogP contribution >= 0.6 is 15.9 Å². The number of nitro groups is 1. The second-order valence-electron chi connectivity index (χ2n) is 7.25. The van der Waals surface area contributed by atoms with Gasteiger partial charge in [-0.2, -0.15) is 0 Å². The summed E-state index contributed by atoms with van der Waals surface area (Å²) in [7, 11) is 2.53. The third kappa shape index (κ3) is 1.88. The Morgan fingerprint density at radius 2 is 1.89 bits per heavy atom. The predicted octanol–water partition coefficient (Wildman–Crippen LogP) is 2.14. The van der Waals surface area contributed by atoms with Crippen LogP contribution in [0.15, 0.2) is 35.3 Å². The van der Waals surface area contributed by atoms with Crippen molar-refractivity contribution in [1.82, 2.24) is 9.80 Å². The molecule has 1 spiro atoms. The van der Waals surface area contributed by atoms with Crippen molar-refractivity contribution in [2.45, 2.75) is 18.1 Å². The van der Waals surface area contributed by atoms with Gasteiger partial charge in [0.1, 0.15) is 17.1 Å². The van der Waals surface area contributed by atoms with E-state index in [-0.39, 0.29) is 12.2 Å². The second-order valence-corrected chi connectivity index (χ2v) is 8.17. The van der Waals surface area contributed by atoms with E-state index < -0.39 is 45.7 Å². The van der Waals surface area contributed by atoms with Gasteiger partial charge in [-0.3, -0.25) is 29.5 Å². The summed E-state index contributed by atoms with van der Waals surface area (Å²) in [5.41, 5.74) is -3.51. The average Bonchev–Trinajstić information content (AvgIpc) is 3.16. The molecule has 4 amide bonds. The zero-order valence-electron chi connectivity index (χ0n) is 15.0. The van der Waals surface area contributed by atoms with Crippen molar-refractivity contribution in [3.05, 3.63) is 51.0 Å². The highest BCUT2D eigenvalue weighted by molar-refractivity contribution is 9.10. The molecule has 1 aromatic rings. The predicted molar refractivity (Wildman–Crippen MR) is 98.9 cm³/mol. The lowest BCUT2D eigenvalue weighted by Gasteiger charge is -2.41. The number of nitrogens with zero attached hydrogens (tertiary/aromatic N) is 3. The summed E-state index contributed by atoms with van der Waals surface area (Å²) in [6.45, 7) is 3.68. The summed E-state index contributed by atoms with van der Waals surface area (Å²) in [5.74, 6) is -3.42. The van der Waals surface area contributed by atoms with Crippen molar-refractivity contribution in [2.75, 3.05) is 14.1 Å². The molecule has 2 heterocycles. The minimum Gasteiger partial charge on any atom is -0.427 e. The molecule has 28 heavy (non-hydrogen) atoms. The van der Waals surface area contributed by atoms with E-state index in [1.165, 1.54) is 20.2 Å². The van der Waals surface area contributed by atoms with Crippen LogP contribution in [-0.4, -0.2) is 52.4 Å². The fourth-order valence-electron chi connectivity index (χ4n) is 4.86. The maximum atomic E-state index is 13.3. The Bertz CT molecular complexity index is 954. The molecular formula is C18H16BrN3O6. The van der Waals surface area contributed by atoms with Crippen molar-refractivity contribution >= 4 is 33.8 Å². The number of barbiturate groups is 1. The van der Waals surface area contributed by atoms with Gasteiger partial charge < -0.3 is 4.74 Å². The molecule has 2 aliphatic heterocycles. The first-order chi connectivity index (χ1) is 13.1. The molecule has 1 saturated carbocycles. The SMILES string of the molecule is C=CC1CC2(C(=O)N(C)C(=O)N(C)C2=O)[C@H]2c3cc(Br)ccc3O[C@@]12[N+](=O)[O-]. The van der Waals surface area contributed by atoms with Crippen LogP contribution in [0.1, 0.15) is 17.9 Å².